The van der Waals surface area contributed by atoms with Crippen LogP contribution in [0.15, 0.2) is 0 Å². The lowest BCUT2D eigenvalue weighted by Gasteiger charge is -2.43. The quantitative estimate of drug-likeness (QED) is 0.505. The molecule has 0 aromatic heterocycles. The molecule has 2 atom stereocenters. The summed E-state index contributed by atoms with van der Waals surface area (Å²) in [6.07, 6.45) is 4.45. The van der Waals surface area contributed by atoms with E-state index in [-0.39, 0.29) is 11.6 Å². The van der Waals surface area contributed by atoms with Crippen LogP contribution in [0.2, 0.25) is 0 Å². The molecule has 0 bridgehead atoms. The van der Waals surface area contributed by atoms with Gasteiger partial charge in [-0.25, -0.2) is 0 Å². The fraction of sp³-hybridized carbons (Fsp3) is 1.00. The third-order valence-corrected chi connectivity index (χ3v) is 3.54. The Kier molecular flexibility index (Phi) is 3.89. The first-order valence-electron chi connectivity index (χ1n) is 5.26. The maximum Gasteiger partial charge on any atom is 0.00602 e. The molecule has 14 heavy (non-hydrogen) atoms. The van der Waals surface area contributed by atoms with Crippen LogP contribution in [0.1, 0.15) is 39.0 Å². The van der Waals surface area contributed by atoms with E-state index in [2.05, 4.69) is 0 Å². The van der Waals surface area contributed by atoms with Crippen molar-refractivity contribution >= 4 is 0 Å². The summed E-state index contributed by atoms with van der Waals surface area (Å²) in [5.74, 6) is 0. The zero-order valence-corrected chi connectivity index (χ0v) is 9.32. The Balaban J connectivity index is 2.56. The van der Waals surface area contributed by atoms with Gasteiger partial charge in [-0.1, -0.05) is 6.42 Å². The fourth-order valence-corrected chi connectivity index (χ4v) is 2.14. The van der Waals surface area contributed by atoms with Gasteiger partial charge >= 0.3 is 0 Å². The lowest BCUT2D eigenvalue weighted by Crippen LogP contribution is -2.39. The van der Waals surface area contributed by atoms with Gasteiger partial charge in [0.05, 0.1) is 0 Å². The Morgan fingerprint density at radius 2 is 1.79 bits per heavy atom. The van der Waals surface area contributed by atoms with E-state index in [1.165, 1.54) is 0 Å². The minimum absolute atomic E-state index is 0.108. The number of nitrogens with zero attached hydrogens (tertiary/aromatic N) is 2. The van der Waals surface area contributed by atoms with E-state index < -0.39 is 0 Å². The topological polar surface area (TPSA) is 52.6 Å². The van der Waals surface area contributed by atoms with Crippen LogP contribution in [0, 0.1) is 10.4 Å². The van der Waals surface area contributed by atoms with Crippen molar-refractivity contribution in [2.75, 3.05) is 14.1 Å². The Hall–Kier alpha value is -0.160. The van der Waals surface area contributed by atoms with Gasteiger partial charge in [0.15, 0.2) is 0 Å². The first kappa shape index (κ1) is 11.9. The van der Waals surface area contributed by atoms with Crippen LogP contribution in [-0.4, -0.2) is 35.8 Å². The van der Waals surface area contributed by atoms with Gasteiger partial charge in [-0.3, -0.25) is 0 Å². The molecule has 0 radical (unpaired) electrons. The Morgan fingerprint density at radius 1 is 1.14 bits per heavy atom. The van der Waals surface area contributed by atoms with Gasteiger partial charge in [-0.15, -0.1) is 0 Å². The van der Waals surface area contributed by atoms with Gasteiger partial charge in [-0.2, -0.15) is 0 Å². The number of hydrogen-bond acceptors (Lipinski definition) is 4. The molecule has 0 aliphatic heterocycles. The number of hydroxylamine groups is 4. The molecule has 1 aliphatic carbocycles. The summed E-state index contributed by atoms with van der Waals surface area (Å²) < 4.78 is 0. The summed E-state index contributed by atoms with van der Waals surface area (Å²) in [6, 6.07) is 0.108. The first-order valence-corrected chi connectivity index (χ1v) is 5.26. The molecule has 1 fully saturated rings. The SMILES string of the molecule is CN([O-])C1CCCC(C)(N(C)[O-])CC1. The highest BCUT2D eigenvalue weighted by atomic mass is 16.5. The summed E-state index contributed by atoms with van der Waals surface area (Å²) >= 11 is 0. The predicted molar refractivity (Wildman–Crippen MR) is 57.5 cm³/mol. The molecule has 1 saturated carbocycles. The third-order valence-electron chi connectivity index (χ3n) is 3.54. The van der Waals surface area contributed by atoms with E-state index in [0.717, 1.165) is 42.2 Å². The second-order valence-corrected chi connectivity index (χ2v) is 4.63. The Bertz CT molecular complexity index is 185. The molecule has 1 aliphatic rings. The monoisotopic (exact) mass is 200 g/mol. The molecule has 0 aromatic rings. The predicted octanol–water partition coefficient (Wildman–Crippen LogP) is 1.94. The van der Waals surface area contributed by atoms with Gasteiger partial charge in [-0.05, 0) is 52.7 Å². The summed E-state index contributed by atoms with van der Waals surface area (Å²) in [6.45, 7) is 1.99. The second kappa shape index (κ2) is 4.57. The minimum Gasteiger partial charge on any atom is -0.785 e. The summed E-state index contributed by atoms with van der Waals surface area (Å²) in [4.78, 5) is 0. The van der Waals surface area contributed by atoms with Gasteiger partial charge in [0.25, 0.3) is 0 Å². The molecule has 4 heteroatoms. The summed E-state index contributed by atoms with van der Waals surface area (Å²) in [5.41, 5.74) is -0.259. The van der Waals surface area contributed by atoms with E-state index in [9.17, 15) is 10.4 Å². The second-order valence-electron chi connectivity index (χ2n) is 4.63. The van der Waals surface area contributed by atoms with Crippen LogP contribution in [0.25, 0.3) is 0 Å². The van der Waals surface area contributed by atoms with Crippen molar-refractivity contribution in [3.8, 4) is 0 Å². The van der Waals surface area contributed by atoms with Crippen LogP contribution < -0.4 is 0 Å². The number of hydrogen-bond donors (Lipinski definition) is 0. The highest BCUT2D eigenvalue weighted by Gasteiger charge is 2.28. The molecular formula is C10H20N2O2-2. The molecule has 0 amide bonds. The van der Waals surface area contributed by atoms with Crippen molar-refractivity contribution in [3.05, 3.63) is 10.4 Å². The van der Waals surface area contributed by atoms with E-state index in [0.29, 0.717) is 0 Å². The summed E-state index contributed by atoms with van der Waals surface area (Å²) in [5, 5.41) is 24.6. The van der Waals surface area contributed by atoms with Crippen LogP contribution in [-0.2, 0) is 0 Å². The molecule has 84 valence electrons. The van der Waals surface area contributed by atoms with Gasteiger partial charge < -0.3 is 20.5 Å². The van der Waals surface area contributed by atoms with Crippen molar-refractivity contribution in [2.45, 2.75) is 50.6 Å². The molecule has 0 saturated heterocycles. The molecule has 0 N–H and O–H groups in total. The highest BCUT2D eigenvalue weighted by Crippen LogP contribution is 2.32. The van der Waals surface area contributed by atoms with E-state index in [1.54, 1.807) is 14.1 Å². The standard InChI is InChI=1S/C10H20N2O2/c1-10(12(3)14)7-4-5-9(6-8-10)11(2)13/h9H,4-8H2,1-3H3/q-2. The first-order chi connectivity index (χ1) is 6.46. The van der Waals surface area contributed by atoms with Crippen molar-refractivity contribution in [3.63, 3.8) is 0 Å². The Labute approximate surface area is 86.0 Å². The van der Waals surface area contributed by atoms with Crippen molar-refractivity contribution in [1.82, 2.24) is 10.1 Å². The maximum atomic E-state index is 11.4. The molecule has 0 aromatic carbocycles. The van der Waals surface area contributed by atoms with Gasteiger partial charge in [0, 0.05) is 5.54 Å². The maximum absolute atomic E-state index is 11.4. The van der Waals surface area contributed by atoms with Crippen molar-refractivity contribution in [1.29, 1.82) is 0 Å². The Morgan fingerprint density at radius 3 is 2.29 bits per heavy atom. The molecule has 2 unspecified atom stereocenters. The largest absolute Gasteiger partial charge is 0.785 e. The third kappa shape index (κ3) is 2.67. The molecular weight excluding hydrogens is 180 g/mol. The fourth-order valence-electron chi connectivity index (χ4n) is 2.14. The van der Waals surface area contributed by atoms with Gasteiger partial charge in [0.1, 0.15) is 0 Å². The van der Waals surface area contributed by atoms with Crippen molar-refractivity contribution < 1.29 is 0 Å². The highest BCUT2D eigenvalue weighted by molar-refractivity contribution is 4.90. The smallest absolute Gasteiger partial charge is 0.00602 e. The van der Waals surface area contributed by atoms with Crippen LogP contribution in [0.4, 0.5) is 0 Å². The zero-order chi connectivity index (χ0) is 10.8. The van der Waals surface area contributed by atoms with Gasteiger partial charge in [0.2, 0.25) is 0 Å². The lowest BCUT2D eigenvalue weighted by atomic mass is 9.92. The normalized spacial score (nSPS) is 34.9. The zero-order valence-electron chi connectivity index (χ0n) is 9.32. The van der Waals surface area contributed by atoms with Crippen LogP contribution >= 0.6 is 0 Å². The molecule has 0 spiro atoms. The van der Waals surface area contributed by atoms with E-state index in [1.807, 2.05) is 6.92 Å². The van der Waals surface area contributed by atoms with E-state index in [4.69, 9.17) is 0 Å². The lowest BCUT2D eigenvalue weighted by molar-refractivity contribution is 0.171. The van der Waals surface area contributed by atoms with Crippen LogP contribution in [0.5, 0.6) is 0 Å². The molecule has 1 rings (SSSR count). The minimum atomic E-state index is -0.259. The molecule has 4 nitrogen and oxygen atoms in total. The molecule has 0 heterocycles. The van der Waals surface area contributed by atoms with Crippen molar-refractivity contribution in [2.24, 2.45) is 0 Å². The number of rotatable bonds is 2. The summed E-state index contributed by atoms with van der Waals surface area (Å²) in [7, 11) is 3.16. The average molecular weight is 200 g/mol. The average Bonchev–Trinajstić information content (AvgIpc) is 2.28. The van der Waals surface area contributed by atoms with Crippen LogP contribution in [0.3, 0.4) is 0 Å². The van der Waals surface area contributed by atoms with E-state index >= 15 is 0 Å².